The van der Waals surface area contributed by atoms with Crippen LogP contribution in [0.15, 0.2) is 0 Å². The summed E-state index contributed by atoms with van der Waals surface area (Å²) in [5, 5.41) is 0.925. The van der Waals surface area contributed by atoms with Crippen molar-refractivity contribution in [2.24, 2.45) is 0 Å². The first-order valence-electron chi connectivity index (χ1n) is 5.54. The molecule has 0 radical (unpaired) electrons. The second kappa shape index (κ2) is 5.62. The predicted octanol–water partition coefficient (Wildman–Crippen LogP) is 1.42. The van der Waals surface area contributed by atoms with Gasteiger partial charge >= 0.3 is 0 Å². The maximum absolute atomic E-state index is 5.96. The molecule has 1 saturated heterocycles. The third kappa shape index (κ3) is 4.81. The summed E-state index contributed by atoms with van der Waals surface area (Å²) >= 11 is 3.51. The summed E-state index contributed by atoms with van der Waals surface area (Å²) in [5.74, 6) is 0. The number of likely N-dealkylation sites (N-methyl/N-ethyl adjacent to an activating group) is 1. The number of alkyl halides is 1. The lowest BCUT2D eigenvalue weighted by Gasteiger charge is -2.42. The van der Waals surface area contributed by atoms with Gasteiger partial charge in [0.25, 0.3) is 0 Å². The van der Waals surface area contributed by atoms with Gasteiger partial charge in [0.15, 0.2) is 0 Å². The van der Waals surface area contributed by atoms with E-state index in [-0.39, 0.29) is 5.60 Å². The molecule has 1 aliphatic heterocycles. The lowest BCUT2D eigenvalue weighted by atomic mass is 10.1. The number of nitrogens with zero attached hydrogens (tertiary/aromatic N) is 2. The lowest BCUT2D eigenvalue weighted by Crippen LogP contribution is -2.54. The van der Waals surface area contributed by atoms with E-state index in [1.54, 1.807) is 0 Å². The molecule has 1 heterocycles. The summed E-state index contributed by atoms with van der Waals surface area (Å²) < 4.78 is 5.96. The SMILES string of the molecule is CN(C)CCN1CC(CBr)OC(C)(C)C1. The van der Waals surface area contributed by atoms with Crippen LogP contribution in [0.1, 0.15) is 13.8 Å². The average molecular weight is 279 g/mol. The van der Waals surface area contributed by atoms with Crippen molar-refractivity contribution in [1.82, 2.24) is 9.80 Å². The van der Waals surface area contributed by atoms with Crippen LogP contribution in [-0.4, -0.2) is 67.1 Å². The Balaban J connectivity index is 2.43. The Kier molecular flexibility index (Phi) is 5.03. The Morgan fingerprint density at radius 2 is 2.13 bits per heavy atom. The van der Waals surface area contributed by atoms with Crippen molar-refractivity contribution >= 4 is 15.9 Å². The predicted molar refractivity (Wildman–Crippen MR) is 67.7 cm³/mol. The summed E-state index contributed by atoms with van der Waals surface area (Å²) in [7, 11) is 4.24. The van der Waals surface area contributed by atoms with E-state index in [1.807, 2.05) is 0 Å². The molecule has 90 valence electrons. The van der Waals surface area contributed by atoms with Crippen LogP contribution >= 0.6 is 15.9 Å². The van der Waals surface area contributed by atoms with Crippen LogP contribution in [0.5, 0.6) is 0 Å². The molecular weight excluding hydrogens is 256 g/mol. The number of ether oxygens (including phenoxy) is 1. The number of hydrogen-bond donors (Lipinski definition) is 0. The van der Waals surface area contributed by atoms with E-state index in [4.69, 9.17) is 4.74 Å². The van der Waals surface area contributed by atoms with E-state index in [9.17, 15) is 0 Å². The number of halogens is 1. The van der Waals surface area contributed by atoms with Crippen LogP contribution in [-0.2, 0) is 4.74 Å². The molecule has 0 bridgehead atoms. The first kappa shape index (κ1) is 13.4. The number of morpholine rings is 1. The van der Waals surface area contributed by atoms with E-state index in [0.29, 0.717) is 6.10 Å². The quantitative estimate of drug-likeness (QED) is 0.724. The molecule has 1 unspecified atom stereocenters. The highest BCUT2D eigenvalue weighted by Gasteiger charge is 2.32. The van der Waals surface area contributed by atoms with Crippen LogP contribution < -0.4 is 0 Å². The molecule has 0 N–H and O–H groups in total. The molecule has 0 amide bonds. The molecule has 4 heteroatoms. The highest BCUT2D eigenvalue weighted by molar-refractivity contribution is 9.09. The summed E-state index contributed by atoms with van der Waals surface area (Å²) in [5.41, 5.74) is -0.0109. The van der Waals surface area contributed by atoms with Crippen molar-refractivity contribution in [3.05, 3.63) is 0 Å². The van der Waals surface area contributed by atoms with Gasteiger partial charge in [0.2, 0.25) is 0 Å². The van der Waals surface area contributed by atoms with Crippen LogP contribution in [0.3, 0.4) is 0 Å². The minimum atomic E-state index is -0.0109. The van der Waals surface area contributed by atoms with E-state index in [1.165, 1.54) is 0 Å². The van der Waals surface area contributed by atoms with Crippen molar-refractivity contribution in [3.63, 3.8) is 0 Å². The minimum Gasteiger partial charge on any atom is -0.369 e. The molecule has 0 aromatic rings. The molecule has 0 aromatic heterocycles. The van der Waals surface area contributed by atoms with Gasteiger partial charge in [-0.15, -0.1) is 0 Å². The summed E-state index contributed by atoms with van der Waals surface area (Å²) in [4.78, 5) is 4.72. The van der Waals surface area contributed by atoms with E-state index in [2.05, 4.69) is 53.7 Å². The molecule has 1 fully saturated rings. The van der Waals surface area contributed by atoms with Crippen LogP contribution in [0, 0.1) is 0 Å². The molecule has 1 rings (SSSR count). The van der Waals surface area contributed by atoms with Gasteiger partial charge in [-0.1, -0.05) is 15.9 Å². The third-order valence-electron chi connectivity index (χ3n) is 2.59. The maximum Gasteiger partial charge on any atom is 0.0806 e. The van der Waals surface area contributed by atoms with Gasteiger partial charge in [0, 0.05) is 31.5 Å². The largest absolute Gasteiger partial charge is 0.369 e. The summed E-state index contributed by atoms with van der Waals surface area (Å²) in [6.07, 6.45) is 0.330. The Hall–Kier alpha value is 0.360. The molecular formula is C11H23BrN2O. The minimum absolute atomic E-state index is 0.0109. The van der Waals surface area contributed by atoms with E-state index in [0.717, 1.165) is 31.5 Å². The maximum atomic E-state index is 5.96. The molecule has 0 aliphatic carbocycles. The van der Waals surface area contributed by atoms with Gasteiger partial charge in [0.05, 0.1) is 11.7 Å². The fourth-order valence-electron chi connectivity index (χ4n) is 2.01. The zero-order chi connectivity index (χ0) is 11.5. The molecule has 0 saturated carbocycles. The molecule has 1 atom stereocenters. The molecule has 15 heavy (non-hydrogen) atoms. The topological polar surface area (TPSA) is 15.7 Å². The number of rotatable bonds is 4. The Bertz CT molecular complexity index is 197. The van der Waals surface area contributed by atoms with Crippen LogP contribution in [0.4, 0.5) is 0 Å². The smallest absolute Gasteiger partial charge is 0.0806 e. The molecule has 1 aliphatic rings. The van der Waals surface area contributed by atoms with Gasteiger partial charge in [-0.2, -0.15) is 0 Å². The molecule has 3 nitrogen and oxygen atoms in total. The van der Waals surface area contributed by atoms with Crippen molar-refractivity contribution in [1.29, 1.82) is 0 Å². The Morgan fingerprint density at radius 1 is 1.47 bits per heavy atom. The van der Waals surface area contributed by atoms with Gasteiger partial charge in [0.1, 0.15) is 0 Å². The highest BCUT2D eigenvalue weighted by Crippen LogP contribution is 2.21. The van der Waals surface area contributed by atoms with Gasteiger partial charge in [-0.3, -0.25) is 4.90 Å². The monoisotopic (exact) mass is 278 g/mol. The number of hydrogen-bond acceptors (Lipinski definition) is 3. The second-order valence-electron chi connectivity index (χ2n) is 5.19. The summed E-state index contributed by atoms with van der Waals surface area (Å²) in [6.45, 7) is 8.66. The molecule has 0 aromatic carbocycles. The average Bonchev–Trinajstić information content (AvgIpc) is 2.12. The standard InChI is InChI=1S/C11H23BrN2O/c1-11(2)9-14(6-5-13(3)4)8-10(7-12)15-11/h10H,5-9H2,1-4H3. The first-order valence-corrected chi connectivity index (χ1v) is 6.66. The zero-order valence-electron chi connectivity index (χ0n) is 10.3. The van der Waals surface area contributed by atoms with Gasteiger partial charge in [-0.25, -0.2) is 0 Å². The van der Waals surface area contributed by atoms with E-state index < -0.39 is 0 Å². The van der Waals surface area contributed by atoms with Crippen molar-refractivity contribution in [3.8, 4) is 0 Å². The van der Waals surface area contributed by atoms with Crippen molar-refractivity contribution < 1.29 is 4.74 Å². The van der Waals surface area contributed by atoms with Gasteiger partial charge < -0.3 is 9.64 Å². The van der Waals surface area contributed by atoms with Crippen molar-refractivity contribution in [2.45, 2.75) is 25.6 Å². The Morgan fingerprint density at radius 3 is 2.67 bits per heavy atom. The van der Waals surface area contributed by atoms with Crippen molar-refractivity contribution in [2.75, 3.05) is 45.6 Å². The Labute approximate surface area is 102 Å². The zero-order valence-corrected chi connectivity index (χ0v) is 11.9. The summed E-state index contributed by atoms with van der Waals surface area (Å²) in [6, 6.07) is 0. The molecule has 0 spiro atoms. The van der Waals surface area contributed by atoms with Crippen LogP contribution in [0.2, 0.25) is 0 Å². The third-order valence-corrected chi connectivity index (χ3v) is 3.31. The van der Waals surface area contributed by atoms with Gasteiger partial charge in [-0.05, 0) is 27.9 Å². The van der Waals surface area contributed by atoms with E-state index >= 15 is 0 Å². The fraction of sp³-hybridized carbons (Fsp3) is 1.00. The fourth-order valence-corrected chi connectivity index (χ4v) is 2.35. The lowest BCUT2D eigenvalue weighted by molar-refractivity contribution is -0.126. The van der Waals surface area contributed by atoms with Crippen LogP contribution in [0.25, 0.3) is 0 Å². The normalized spacial score (nSPS) is 27.2. The highest BCUT2D eigenvalue weighted by atomic mass is 79.9. The first-order chi connectivity index (χ1) is 6.93. The second-order valence-corrected chi connectivity index (χ2v) is 5.84.